The van der Waals surface area contributed by atoms with Gasteiger partial charge in [0.1, 0.15) is 0 Å². The summed E-state index contributed by atoms with van der Waals surface area (Å²) in [6.07, 6.45) is 1.89. The largest absolute Gasteiger partial charge is 0.399 e. The Balaban J connectivity index is 2.87. The Kier molecular flexibility index (Phi) is 5.95. The van der Waals surface area contributed by atoms with Crippen molar-refractivity contribution in [2.45, 2.75) is 19.8 Å². The molecule has 0 radical (unpaired) electrons. The SMILES string of the molecule is CCCCN(CCO)C(=O)c1ccc(N)cc1Cl. The summed E-state index contributed by atoms with van der Waals surface area (Å²) in [5.41, 5.74) is 6.55. The lowest BCUT2D eigenvalue weighted by atomic mass is 10.1. The van der Waals surface area contributed by atoms with E-state index in [0.29, 0.717) is 29.4 Å². The molecule has 1 aromatic rings. The van der Waals surface area contributed by atoms with Crippen LogP contribution in [0.3, 0.4) is 0 Å². The van der Waals surface area contributed by atoms with Gasteiger partial charge in [0.15, 0.2) is 0 Å². The monoisotopic (exact) mass is 270 g/mol. The predicted octanol–water partition coefficient (Wildman–Crippen LogP) is 2.16. The quantitative estimate of drug-likeness (QED) is 0.779. The number of hydrogen-bond donors (Lipinski definition) is 2. The van der Waals surface area contributed by atoms with E-state index in [1.54, 1.807) is 23.1 Å². The average Bonchev–Trinajstić information content (AvgIpc) is 2.33. The Morgan fingerprint density at radius 2 is 2.17 bits per heavy atom. The molecule has 5 heteroatoms. The first-order chi connectivity index (χ1) is 8.60. The number of nitrogens with two attached hydrogens (primary N) is 1. The molecule has 0 aromatic heterocycles. The Morgan fingerprint density at radius 1 is 1.44 bits per heavy atom. The van der Waals surface area contributed by atoms with Crippen LogP contribution in [-0.4, -0.2) is 35.6 Å². The Bertz CT molecular complexity index is 410. The van der Waals surface area contributed by atoms with Gasteiger partial charge in [-0.05, 0) is 24.6 Å². The molecule has 0 saturated carbocycles. The summed E-state index contributed by atoms with van der Waals surface area (Å²) < 4.78 is 0. The van der Waals surface area contributed by atoms with Crippen molar-refractivity contribution in [1.82, 2.24) is 4.90 Å². The maximum Gasteiger partial charge on any atom is 0.255 e. The smallest absolute Gasteiger partial charge is 0.255 e. The number of carbonyl (C=O) groups is 1. The molecule has 0 spiro atoms. The number of aliphatic hydroxyl groups is 1. The second-order valence-corrected chi connectivity index (χ2v) is 4.52. The zero-order chi connectivity index (χ0) is 13.5. The lowest BCUT2D eigenvalue weighted by molar-refractivity contribution is 0.0719. The highest BCUT2D eigenvalue weighted by Crippen LogP contribution is 2.20. The minimum absolute atomic E-state index is 0.0535. The first kappa shape index (κ1) is 14.8. The van der Waals surface area contributed by atoms with Crippen LogP contribution in [0.1, 0.15) is 30.1 Å². The molecule has 1 aromatic carbocycles. The molecule has 100 valence electrons. The first-order valence-electron chi connectivity index (χ1n) is 6.05. The van der Waals surface area contributed by atoms with Gasteiger partial charge in [-0.2, -0.15) is 0 Å². The molecule has 0 aliphatic heterocycles. The summed E-state index contributed by atoms with van der Waals surface area (Å²) in [6.45, 7) is 2.94. The van der Waals surface area contributed by atoms with E-state index in [9.17, 15) is 4.79 Å². The Hall–Kier alpha value is -1.26. The minimum atomic E-state index is -0.164. The van der Waals surface area contributed by atoms with E-state index in [2.05, 4.69) is 6.92 Å². The van der Waals surface area contributed by atoms with E-state index in [1.807, 2.05) is 0 Å². The van der Waals surface area contributed by atoms with E-state index in [0.717, 1.165) is 12.8 Å². The molecule has 1 amide bonds. The zero-order valence-corrected chi connectivity index (χ0v) is 11.3. The number of nitrogen functional groups attached to an aromatic ring is 1. The number of rotatable bonds is 6. The predicted molar refractivity (Wildman–Crippen MR) is 73.8 cm³/mol. The highest BCUT2D eigenvalue weighted by Gasteiger charge is 2.17. The topological polar surface area (TPSA) is 66.6 Å². The third-order valence-electron chi connectivity index (χ3n) is 2.66. The van der Waals surface area contributed by atoms with E-state index in [1.165, 1.54) is 0 Å². The average molecular weight is 271 g/mol. The standard InChI is InChI=1S/C13H19ClN2O2/c1-2-3-6-16(7-8-17)13(18)11-5-4-10(15)9-12(11)14/h4-5,9,17H,2-3,6-8,15H2,1H3. The molecular weight excluding hydrogens is 252 g/mol. The number of halogens is 1. The van der Waals surface area contributed by atoms with Gasteiger partial charge in [0.05, 0.1) is 17.2 Å². The molecule has 18 heavy (non-hydrogen) atoms. The van der Waals surface area contributed by atoms with E-state index < -0.39 is 0 Å². The van der Waals surface area contributed by atoms with Crippen LogP contribution in [0.2, 0.25) is 5.02 Å². The number of unbranched alkanes of at least 4 members (excludes halogenated alkanes) is 1. The second-order valence-electron chi connectivity index (χ2n) is 4.11. The lowest BCUT2D eigenvalue weighted by Gasteiger charge is -2.22. The van der Waals surface area contributed by atoms with Crippen molar-refractivity contribution >= 4 is 23.2 Å². The molecular formula is C13H19ClN2O2. The molecule has 0 unspecified atom stereocenters. The third kappa shape index (κ3) is 3.89. The van der Waals surface area contributed by atoms with Gasteiger partial charge in [0.25, 0.3) is 5.91 Å². The van der Waals surface area contributed by atoms with Crippen molar-refractivity contribution in [3.05, 3.63) is 28.8 Å². The van der Waals surface area contributed by atoms with Gasteiger partial charge in [-0.15, -0.1) is 0 Å². The highest BCUT2D eigenvalue weighted by molar-refractivity contribution is 6.34. The summed E-state index contributed by atoms with van der Waals surface area (Å²) in [7, 11) is 0. The lowest BCUT2D eigenvalue weighted by Crippen LogP contribution is -2.34. The summed E-state index contributed by atoms with van der Waals surface area (Å²) in [5.74, 6) is -0.164. The number of nitrogens with zero attached hydrogens (tertiary/aromatic N) is 1. The molecule has 0 aliphatic carbocycles. The molecule has 1 rings (SSSR count). The van der Waals surface area contributed by atoms with Crippen molar-refractivity contribution < 1.29 is 9.90 Å². The normalized spacial score (nSPS) is 10.4. The minimum Gasteiger partial charge on any atom is -0.399 e. The van der Waals surface area contributed by atoms with E-state index in [4.69, 9.17) is 22.4 Å². The van der Waals surface area contributed by atoms with Crippen LogP contribution in [0.5, 0.6) is 0 Å². The molecule has 0 fully saturated rings. The number of aliphatic hydroxyl groups excluding tert-OH is 1. The van der Waals surface area contributed by atoms with E-state index in [-0.39, 0.29) is 12.5 Å². The van der Waals surface area contributed by atoms with Crippen molar-refractivity contribution in [2.24, 2.45) is 0 Å². The zero-order valence-electron chi connectivity index (χ0n) is 10.5. The van der Waals surface area contributed by atoms with Crippen LogP contribution in [0, 0.1) is 0 Å². The molecule has 0 bridgehead atoms. The first-order valence-corrected chi connectivity index (χ1v) is 6.43. The van der Waals surface area contributed by atoms with Crippen LogP contribution >= 0.6 is 11.6 Å². The summed E-state index contributed by atoms with van der Waals surface area (Å²) in [4.78, 5) is 13.9. The van der Waals surface area contributed by atoms with Gasteiger partial charge in [-0.3, -0.25) is 4.79 Å². The summed E-state index contributed by atoms with van der Waals surface area (Å²) in [6, 6.07) is 4.83. The van der Waals surface area contributed by atoms with Crippen LogP contribution < -0.4 is 5.73 Å². The van der Waals surface area contributed by atoms with Gasteiger partial charge < -0.3 is 15.7 Å². The van der Waals surface area contributed by atoms with Crippen molar-refractivity contribution in [2.75, 3.05) is 25.4 Å². The number of anilines is 1. The van der Waals surface area contributed by atoms with Gasteiger partial charge in [-0.1, -0.05) is 24.9 Å². The van der Waals surface area contributed by atoms with Gasteiger partial charge in [0, 0.05) is 18.8 Å². The Labute approximate surface area is 112 Å². The van der Waals surface area contributed by atoms with Crippen LogP contribution in [0.25, 0.3) is 0 Å². The molecule has 0 saturated heterocycles. The van der Waals surface area contributed by atoms with Crippen molar-refractivity contribution in [3.63, 3.8) is 0 Å². The van der Waals surface area contributed by atoms with Crippen molar-refractivity contribution in [1.29, 1.82) is 0 Å². The van der Waals surface area contributed by atoms with Crippen LogP contribution in [0.15, 0.2) is 18.2 Å². The van der Waals surface area contributed by atoms with Gasteiger partial charge in [0.2, 0.25) is 0 Å². The highest BCUT2D eigenvalue weighted by atomic mass is 35.5. The van der Waals surface area contributed by atoms with E-state index >= 15 is 0 Å². The van der Waals surface area contributed by atoms with Crippen LogP contribution in [0.4, 0.5) is 5.69 Å². The summed E-state index contributed by atoms with van der Waals surface area (Å²) >= 11 is 6.01. The number of hydrogen-bond acceptors (Lipinski definition) is 3. The molecule has 0 aliphatic rings. The Morgan fingerprint density at radius 3 is 2.72 bits per heavy atom. The third-order valence-corrected chi connectivity index (χ3v) is 2.97. The molecule has 0 atom stereocenters. The van der Waals surface area contributed by atoms with Gasteiger partial charge in [-0.25, -0.2) is 0 Å². The summed E-state index contributed by atoms with van der Waals surface area (Å²) in [5, 5.41) is 9.35. The molecule has 3 N–H and O–H groups in total. The fraction of sp³-hybridized carbons (Fsp3) is 0.462. The second kappa shape index (κ2) is 7.24. The number of benzene rings is 1. The maximum atomic E-state index is 12.3. The maximum absolute atomic E-state index is 12.3. The van der Waals surface area contributed by atoms with Crippen LogP contribution in [-0.2, 0) is 0 Å². The van der Waals surface area contributed by atoms with Crippen molar-refractivity contribution in [3.8, 4) is 0 Å². The molecule has 0 heterocycles. The van der Waals surface area contributed by atoms with Gasteiger partial charge >= 0.3 is 0 Å². The fourth-order valence-corrected chi connectivity index (χ4v) is 1.93. The number of carbonyl (C=O) groups excluding carboxylic acids is 1. The number of amides is 1. The fourth-order valence-electron chi connectivity index (χ4n) is 1.66. The molecule has 4 nitrogen and oxygen atoms in total.